The van der Waals surface area contributed by atoms with Crippen molar-refractivity contribution in [3.63, 3.8) is 0 Å². The van der Waals surface area contributed by atoms with E-state index < -0.39 is 58.1 Å². The van der Waals surface area contributed by atoms with Gasteiger partial charge >= 0.3 is 21.3 Å². The Bertz CT molecular complexity index is 1210. The zero-order valence-corrected chi connectivity index (χ0v) is 19.0. The van der Waals surface area contributed by atoms with Crippen molar-refractivity contribution in [3.8, 4) is 0 Å². The average molecular weight is 513 g/mol. The molecule has 3 rings (SSSR count). The number of carbonyl (C=O) groups is 1. The van der Waals surface area contributed by atoms with Crippen molar-refractivity contribution in [1.29, 1.82) is 0 Å². The molecular formula is C14H23N6O11P2+. The van der Waals surface area contributed by atoms with E-state index in [1.165, 1.54) is 22.4 Å². The maximum atomic E-state index is 12.2. The van der Waals surface area contributed by atoms with E-state index in [9.17, 15) is 28.7 Å². The predicted molar refractivity (Wildman–Crippen MR) is 107 cm³/mol. The van der Waals surface area contributed by atoms with Crippen molar-refractivity contribution < 1.29 is 51.8 Å². The molecule has 184 valence electrons. The fraction of sp³-hybridized carbons (Fsp3) is 0.571. The highest BCUT2D eigenvalue weighted by Gasteiger charge is 2.48. The van der Waals surface area contributed by atoms with Gasteiger partial charge in [-0.05, 0) is 0 Å². The number of H-pyrrole nitrogens is 1. The van der Waals surface area contributed by atoms with Gasteiger partial charge < -0.3 is 35.6 Å². The molecule has 1 saturated heterocycles. The maximum absolute atomic E-state index is 12.2. The predicted octanol–water partition coefficient (Wildman–Crippen LogP) is -2.63. The van der Waals surface area contributed by atoms with Crippen LogP contribution in [0.4, 0.5) is 5.95 Å². The number of phosphoric acid groups is 2. The summed E-state index contributed by atoms with van der Waals surface area (Å²) in [6.07, 6.45) is -2.29. The second-order valence-corrected chi connectivity index (χ2v) is 10.1. The lowest BCUT2D eigenvalue weighted by Gasteiger charge is -2.21. The Morgan fingerprint density at radius 2 is 2.09 bits per heavy atom. The van der Waals surface area contributed by atoms with E-state index in [2.05, 4.69) is 24.1 Å². The number of aromatic amines is 1. The number of ether oxygens (including phenoxy) is 1. The summed E-state index contributed by atoms with van der Waals surface area (Å²) < 4.78 is 39.5. The van der Waals surface area contributed by atoms with Gasteiger partial charge in [0, 0.05) is 19.4 Å². The topological polar surface area (TPSA) is 252 Å². The van der Waals surface area contributed by atoms with Crippen molar-refractivity contribution in [1.82, 2.24) is 19.9 Å². The number of nitrogens with zero attached hydrogens (tertiary/aromatic N) is 3. The summed E-state index contributed by atoms with van der Waals surface area (Å²) in [5.74, 6) is -1.52. The van der Waals surface area contributed by atoms with Crippen LogP contribution in [-0.4, -0.2) is 65.6 Å². The third-order valence-electron chi connectivity index (χ3n) is 4.78. The van der Waals surface area contributed by atoms with E-state index in [0.29, 0.717) is 0 Å². The number of fused-ring (bicyclic) bond motifs is 1. The summed E-state index contributed by atoms with van der Waals surface area (Å²) in [5.41, 5.74) is 5.26. The first-order valence-electron chi connectivity index (χ1n) is 9.26. The normalized spacial score (nSPS) is 25.3. The molecule has 8 N–H and O–H groups in total. The number of rotatable bonds is 8. The van der Waals surface area contributed by atoms with Gasteiger partial charge in [-0.25, -0.2) is 13.7 Å². The van der Waals surface area contributed by atoms with Crippen LogP contribution in [0.2, 0.25) is 0 Å². The van der Waals surface area contributed by atoms with E-state index in [4.69, 9.17) is 20.3 Å². The summed E-state index contributed by atoms with van der Waals surface area (Å²) in [6, 6.07) is 0. The molecule has 0 radical (unpaired) electrons. The van der Waals surface area contributed by atoms with Gasteiger partial charge in [0.05, 0.1) is 19.8 Å². The number of phosphoric ester groups is 1. The molecule has 1 aliphatic heterocycles. The van der Waals surface area contributed by atoms with Crippen LogP contribution in [-0.2, 0) is 34.5 Å². The van der Waals surface area contributed by atoms with Gasteiger partial charge in [0.1, 0.15) is 6.10 Å². The van der Waals surface area contributed by atoms with Gasteiger partial charge in [-0.3, -0.25) is 23.7 Å². The highest BCUT2D eigenvalue weighted by atomic mass is 31.3. The minimum Gasteiger partial charge on any atom is -0.386 e. The lowest BCUT2D eigenvalue weighted by atomic mass is 9.98. The number of hydrogen-bond acceptors (Lipinski definition) is 10. The fourth-order valence-electron chi connectivity index (χ4n) is 3.48. The van der Waals surface area contributed by atoms with Gasteiger partial charge in [-0.15, -0.1) is 0 Å². The Morgan fingerprint density at radius 3 is 2.70 bits per heavy atom. The molecule has 17 nitrogen and oxygen atoms in total. The summed E-state index contributed by atoms with van der Waals surface area (Å²) in [6.45, 7) is 0.351. The number of aryl methyl sites for hydroxylation is 1. The quantitative estimate of drug-likeness (QED) is 0.141. The van der Waals surface area contributed by atoms with Crippen molar-refractivity contribution in [3.05, 3.63) is 16.7 Å². The largest absolute Gasteiger partial charge is 0.481 e. The third-order valence-corrected chi connectivity index (χ3v) is 6.94. The van der Waals surface area contributed by atoms with Crippen LogP contribution in [0, 0.1) is 5.92 Å². The van der Waals surface area contributed by atoms with Crippen molar-refractivity contribution in [2.45, 2.75) is 25.4 Å². The second kappa shape index (κ2) is 9.21. The van der Waals surface area contributed by atoms with Gasteiger partial charge in [-0.1, -0.05) is 4.98 Å². The number of carbonyl (C=O) groups excluding carboxylic acids is 1. The lowest BCUT2D eigenvalue weighted by molar-refractivity contribution is -0.745. The van der Waals surface area contributed by atoms with E-state index in [0.717, 1.165) is 0 Å². The number of nitrogens with one attached hydrogen (secondary N) is 2. The highest BCUT2D eigenvalue weighted by molar-refractivity contribution is 7.60. The number of aliphatic hydroxyl groups excluding tert-OH is 1. The molecule has 1 aliphatic rings. The Balaban J connectivity index is 1.91. The molecule has 5 atom stereocenters. The van der Waals surface area contributed by atoms with Crippen molar-refractivity contribution >= 4 is 38.7 Å². The number of anilines is 1. The Hall–Kier alpha value is -2.20. The van der Waals surface area contributed by atoms with Crippen molar-refractivity contribution in [2.24, 2.45) is 13.0 Å². The van der Waals surface area contributed by atoms with Crippen LogP contribution in [0.5, 0.6) is 0 Å². The highest BCUT2D eigenvalue weighted by Crippen LogP contribution is 2.57. The van der Waals surface area contributed by atoms with Gasteiger partial charge in [-0.2, -0.15) is 4.31 Å². The molecule has 0 spiro atoms. The number of nitrogens with two attached hydrogens (primary N) is 1. The summed E-state index contributed by atoms with van der Waals surface area (Å²) in [4.78, 5) is 57.0. The molecule has 0 aliphatic carbocycles. The number of imidazole rings is 1. The summed E-state index contributed by atoms with van der Waals surface area (Å²) in [7, 11) is -8.98. The van der Waals surface area contributed by atoms with Crippen LogP contribution in [0.3, 0.4) is 0 Å². The number of amides is 1. The number of aromatic nitrogens is 4. The summed E-state index contributed by atoms with van der Waals surface area (Å²) >= 11 is 0. The van der Waals surface area contributed by atoms with E-state index in [1.54, 1.807) is 7.05 Å². The van der Waals surface area contributed by atoms with E-state index >= 15 is 0 Å². The molecule has 1 fully saturated rings. The Kier molecular flexibility index (Phi) is 7.10. The molecule has 0 aromatic carbocycles. The smallest absolute Gasteiger partial charge is 0.386 e. The zero-order chi connectivity index (χ0) is 24.7. The van der Waals surface area contributed by atoms with Gasteiger partial charge in [0.25, 0.3) is 11.5 Å². The molecule has 2 aromatic rings. The van der Waals surface area contributed by atoms with Crippen LogP contribution < -0.4 is 21.2 Å². The lowest BCUT2D eigenvalue weighted by Crippen LogP contribution is -2.46. The fourth-order valence-corrected chi connectivity index (χ4v) is 5.08. The molecule has 19 heteroatoms. The molecule has 1 unspecified atom stereocenters. The molecule has 3 heterocycles. The van der Waals surface area contributed by atoms with Crippen LogP contribution in [0.15, 0.2) is 11.1 Å². The standard InChI is InChI=1S/C14H22N6O11P2/c1-6(21)16-3-7-8(4-29-33(27,28)31-32(24,25)26)30-13(10(7)22)20-5-19(2)9-11(20)17-14(15)18-12(9)23/h5,7-8,10,13,22H,3-4H2,1-2H3,(H6-,15,16,17,18,21,23,24,25,26,27,28)/p+1/t7-,8-,10-,13-/m1/s1. The van der Waals surface area contributed by atoms with Gasteiger partial charge in [0.2, 0.25) is 17.7 Å². The minimum absolute atomic E-state index is 0.0697. The van der Waals surface area contributed by atoms with Crippen molar-refractivity contribution in [2.75, 3.05) is 18.9 Å². The third kappa shape index (κ3) is 5.84. The molecule has 2 aromatic heterocycles. The van der Waals surface area contributed by atoms with Gasteiger partial charge in [0.15, 0.2) is 6.33 Å². The first-order chi connectivity index (χ1) is 15.2. The molecular weight excluding hydrogens is 490 g/mol. The molecule has 1 amide bonds. The molecule has 0 bridgehead atoms. The SMILES string of the molecule is CC(=O)NC[C@H]1[C@@H](O)[C@H]([n+]2cn(C)c3c(=O)[nH]c(N)nc32)O[C@@H]1COP(=O)(O)OP(=O)(O)O. The number of aliphatic hydroxyl groups is 1. The molecule has 0 saturated carbocycles. The maximum Gasteiger partial charge on any atom is 0.481 e. The minimum atomic E-state index is -5.34. The zero-order valence-electron chi connectivity index (χ0n) is 17.3. The van der Waals surface area contributed by atoms with E-state index in [-0.39, 0.29) is 23.7 Å². The number of nitrogen functional groups attached to an aromatic ring is 1. The average Bonchev–Trinajstić information content (AvgIpc) is 3.13. The Labute approximate surface area is 185 Å². The first-order valence-corrected chi connectivity index (χ1v) is 12.3. The monoisotopic (exact) mass is 513 g/mol. The summed E-state index contributed by atoms with van der Waals surface area (Å²) in [5, 5.41) is 13.4. The van der Waals surface area contributed by atoms with Crippen LogP contribution in [0.1, 0.15) is 13.2 Å². The number of hydrogen-bond donors (Lipinski definition) is 7. The Morgan fingerprint density at radius 1 is 1.42 bits per heavy atom. The first kappa shape index (κ1) is 25.4. The molecule has 33 heavy (non-hydrogen) atoms. The second-order valence-electron chi connectivity index (χ2n) is 7.25. The van der Waals surface area contributed by atoms with E-state index in [1.807, 2.05) is 0 Å². The van der Waals surface area contributed by atoms with Crippen LogP contribution >= 0.6 is 15.6 Å². The van der Waals surface area contributed by atoms with Crippen LogP contribution in [0.25, 0.3) is 11.2 Å².